The summed E-state index contributed by atoms with van der Waals surface area (Å²) in [4.78, 5) is 12.0. The van der Waals surface area contributed by atoms with Gasteiger partial charge < -0.3 is 15.4 Å². The molecule has 1 fully saturated rings. The van der Waals surface area contributed by atoms with E-state index in [9.17, 15) is 9.18 Å². The zero-order valence-corrected chi connectivity index (χ0v) is 13.4. The van der Waals surface area contributed by atoms with E-state index in [0.717, 1.165) is 5.56 Å². The highest BCUT2D eigenvalue weighted by Crippen LogP contribution is 2.16. The summed E-state index contributed by atoms with van der Waals surface area (Å²) in [5.41, 5.74) is 0.721. The van der Waals surface area contributed by atoms with E-state index >= 15 is 0 Å². The highest BCUT2D eigenvalue weighted by atomic mass is 79.9. The third kappa shape index (κ3) is 4.41. The first-order valence-corrected chi connectivity index (χ1v) is 6.94. The molecule has 0 aliphatic carbocycles. The number of carbonyl (C=O) groups is 1. The quantitative estimate of drug-likeness (QED) is 0.859. The Morgan fingerprint density at radius 1 is 1.60 bits per heavy atom. The van der Waals surface area contributed by atoms with E-state index in [1.54, 1.807) is 12.1 Å². The molecule has 1 aromatic carbocycles. The fourth-order valence-corrected chi connectivity index (χ4v) is 2.22. The largest absolute Gasteiger partial charge is 0.375 e. The average Bonchev–Trinajstić information content (AvgIpc) is 2.40. The molecule has 1 saturated heterocycles. The van der Waals surface area contributed by atoms with Gasteiger partial charge in [-0.2, -0.15) is 0 Å². The molecule has 2 rings (SSSR count). The van der Waals surface area contributed by atoms with Crippen LogP contribution in [-0.2, 0) is 16.1 Å². The van der Waals surface area contributed by atoms with Crippen molar-refractivity contribution in [1.29, 1.82) is 0 Å². The summed E-state index contributed by atoms with van der Waals surface area (Å²) >= 11 is 3.09. The predicted molar refractivity (Wildman–Crippen MR) is 80.4 cm³/mol. The number of rotatable bonds is 3. The van der Waals surface area contributed by atoms with Crippen LogP contribution in [0.2, 0.25) is 0 Å². The number of hydrogen-bond acceptors (Lipinski definition) is 3. The molecule has 0 bridgehead atoms. The first-order chi connectivity index (χ1) is 9.08. The van der Waals surface area contributed by atoms with E-state index in [1.807, 2.05) is 6.92 Å². The molecule has 1 amide bonds. The fourth-order valence-electron chi connectivity index (χ4n) is 1.98. The molecule has 1 heterocycles. The summed E-state index contributed by atoms with van der Waals surface area (Å²) in [5, 5.41) is 5.89. The van der Waals surface area contributed by atoms with Gasteiger partial charge in [0.2, 0.25) is 5.91 Å². The number of ether oxygens (including phenoxy) is 1. The number of halogens is 3. The molecule has 2 atom stereocenters. The molecule has 7 heteroatoms. The fraction of sp³-hybridized carbons (Fsp3) is 0.462. The first kappa shape index (κ1) is 17.4. The minimum Gasteiger partial charge on any atom is -0.375 e. The van der Waals surface area contributed by atoms with E-state index in [4.69, 9.17) is 4.74 Å². The maximum atomic E-state index is 13.3. The smallest absolute Gasteiger partial charge is 0.240 e. The van der Waals surface area contributed by atoms with Crippen LogP contribution in [0.15, 0.2) is 22.7 Å². The first-order valence-electron chi connectivity index (χ1n) is 6.14. The third-order valence-corrected chi connectivity index (χ3v) is 3.69. The van der Waals surface area contributed by atoms with Crippen LogP contribution < -0.4 is 10.6 Å². The summed E-state index contributed by atoms with van der Waals surface area (Å²) in [6, 6.07) is 4.44. The van der Waals surface area contributed by atoms with Crippen molar-refractivity contribution in [3.8, 4) is 0 Å². The Hall–Kier alpha value is -0.690. The molecule has 1 aromatic rings. The van der Waals surface area contributed by atoms with Crippen molar-refractivity contribution in [3.63, 3.8) is 0 Å². The van der Waals surface area contributed by atoms with Crippen LogP contribution >= 0.6 is 28.3 Å². The maximum Gasteiger partial charge on any atom is 0.240 e. The number of amides is 1. The average molecular weight is 368 g/mol. The van der Waals surface area contributed by atoms with Gasteiger partial charge in [-0.25, -0.2) is 4.39 Å². The highest BCUT2D eigenvalue weighted by molar-refractivity contribution is 9.10. The van der Waals surface area contributed by atoms with Gasteiger partial charge in [0.15, 0.2) is 0 Å². The lowest BCUT2D eigenvalue weighted by atomic mass is 10.1. The van der Waals surface area contributed by atoms with Crippen molar-refractivity contribution in [2.24, 2.45) is 0 Å². The number of morpholine rings is 1. The van der Waals surface area contributed by atoms with Crippen LogP contribution in [0.25, 0.3) is 0 Å². The Bertz CT molecular complexity index is 476. The second-order valence-corrected chi connectivity index (χ2v) is 5.33. The SMILES string of the molecule is C[C@H]1OCCN[C@@H]1C(=O)NCc1ccc(Br)c(F)c1.Cl. The van der Waals surface area contributed by atoms with Gasteiger partial charge in [0.1, 0.15) is 11.9 Å². The van der Waals surface area contributed by atoms with E-state index in [0.29, 0.717) is 24.2 Å². The summed E-state index contributed by atoms with van der Waals surface area (Å²) in [6.45, 7) is 3.43. The van der Waals surface area contributed by atoms with Crippen LogP contribution in [0.3, 0.4) is 0 Å². The van der Waals surface area contributed by atoms with Crippen LogP contribution in [-0.4, -0.2) is 31.2 Å². The number of nitrogens with one attached hydrogen (secondary N) is 2. The Balaban J connectivity index is 0.00000200. The van der Waals surface area contributed by atoms with Gasteiger partial charge in [-0.15, -0.1) is 12.4 Å². The van der Waals surface area contributed by atoms with Gasteiger partial charge in [0.25, 0.3) is 0 Å². The molecule has 0 aromatic heterocycles. The predicted octanol–water partition coefficient (Wildman–Crippen LogP) is 2.00. The summed E-state index contributed by atoms with van der Waals surface area (Å²) in [6.07, 6.45) is -0.157. The zero-order chi connectivity index (χ0) is 13.8. The molecule has 2 N–H and O–H groups in total. The number of hydrogen-bond donors (Lipinski definition) is 2. The summed E-state index contributed by atoms with van der Waals surface area (Å²) in [7, 11) is 0. The zero-order valence-electron chi connectivity index (χ0n) is 11.0. The van der Waals surface area contributed by atoms with Gasteiger partial charge in [0, 0.05) is 13.1 Å². The van der Waals surface area contributed by atoms with Crippen molar-refractivity contribution in [1.82, 2.24) is 10.6 Å². The standard InChI is InChI=1S/C13H16BrFN2O2.ClH/c1-8-12(16-4-5-19-8)13(18)17-7-9-2-3-10(14)11(15)6-9;/h2-3,6,8,12,16H,4-5,7H2,1H3,(H,17,18);1H/t8-,12+;/m1./s1. The normalized spacial score (nSPS) is 21.9. The number of carbonyl (C=O) groups excluding carboxylic acids is 1. The van der Waals surface area contributed by atoms with Crippen LogP contribution in [0.5, 0.6) is 0 Å². The molecule has 1 aliphatic rings. The van der Waals surface area contributed by atoms with E-state index in [2.05, 4.69) is 26.6 Å². The van der Waals surface area contributed by atoms with Gasteiger partial charge in [-0.1, -0.05) is 6.07 Å². The molecular weight excluding hydrogens is 351 g/mol. The lowest BCUT2D eigenvalue weighted by molar-refractivity contribution is -0.129. The highest BCUT2D eigenvalue weighted by Gasteiger charge is 2.27. The van der Waals surface area contributed by atoms with Gasteiger partial charge in [-0.05, 0) is 40.5 Å². The molecule has 1 aliphatic heterocycles. The Morgan fingerprint density at radius 2 is 2.35 bits per heavy atom. The maximum absolute atomic E-state index is 13.3. The molecular formula is C13H17BrClFN2O2. The van der Waals surface area contributed by atoms with Crippen molar-refractivity contribution >= 4 is 34.2 Å². The van der Waals surface area contributed by atoms with E-state index in [-0.39, 0.29) is 36.3 Å². The Labute approximate surface area is 132 Å². The third-order valence-electron chi connectivity index (χ3n) is 3.05. The number of benzene rings is 1. The molecule has 0 spiro atoms. The molecule has 4 nitrogen and oxygen atoms in total. The molecule has 0 radical (unpaired) electrons. The monoisotopic (exact) mass is 366 g/mol. The second-order valence-electron chi connectivity index (χ2n) is 4.47. The lowest BCUT2D eigenvalue weighted by Crippen LogP contribution is -2.55. The van der Waals surface area contributed by atoms with E-state index in [1.165, 1.54) is 6.07 Å². The van der Waals surface area contributed by atoms with Crippen LogP contribution in [0.4, 0.5) is 4.39 Å². The van der Waals surface area contributed by atoms with Crippen molar-refractivity contribution in [2.75, 3.05) is 13.2 Å². The van der Waals surface area contributed by atoms with Gasteiger partial charge in [0.05, 0.1) is 17.2 Å². The molecule has 0 unspecified atom stereocenters. The summed E-state index contributed by atoms with van der Waals surface area (Å²) in [5.74, 6) is -0.463. The topological polar surface area (TPSA) is 50.4 Å². The Morgan fingerprint density at radius 3 is 3.00 bits per heavy atom. The van der Waals surface area contributed by atoms with Gasteiger partial charge in [-0.3, -0.25) is 4.79 Å². The molecule has 20 heavy (non-hydrogen) atoms. The minimum absolute atomic E-state index is 0. The van der Waals surface area contributed by atoms with Crippen LogP contribution in [0, 0.1) is 5.82 Å². The molecule has 0 saturated carbocycles. The van der Waals surface area contributed by atoms with Crippen molar-refractivity contribution in [2.45, 2.75) is 25.6 Å². The Kier molecular flexibility index (Phi) is 6.88. The summed E-state index contributed by atoms with van der Waals surface area (Å²) < 4.78 is 19.2. The van der Waals surface area contributed by atoms with Crippen LogP contribution in [0.1, 0.15) is 12.5 Å². The minimum atomic E-state index is -0.353. The molecule has 112 valence electrons. The van der Waals surface area contributed by atoms with Crippen molar-refractivity contribution in [3.05, 3.63) is 34.1 Å². The van der Waals surface area contributed by atoms with Crippen molar-refractivity contribution < 1.29 is 13.9 Å². The lowest BCUT2D eigenvalue weighted by Gasteiger charge is -2.29. The van der Waals surface area contributed by atoms with E-state index < -0.39 is 0 Å². The van der Waals surface area contributed by atoms with Gasteiger partial charge >= 0.3 is 0 Å². The second kappa shape index (κ2) is 7.93.